The van der Waals surface area contributed by atoms with Gasteiger partial charge in [-0.2, -0.15) is 0 Å². The van der Waals surface area contributed by atoms with Crippen LogP contribution in [0.1, 0.15) is 59.2 Å². The van der Waals surface area contributed by atoms with Crippen LogP contribution in [0.15, 0.2) is 53.6 Å². The van der Waals surface area contributed by atoms with Crippen LogP contribution in [0.25, 0.3) is 11.3 Å². The van der Waals surface area contributed by atoms with Crippen LogP contribution < -0.4 is 4.72 Å². The van der Waals surface area contributed by atoms with E-state index in [9.17, 15) is 23.4 Å². The van der Waals surface area contributed by atoms with Gasteiger partial charge in [-0.15, -0.1) is 0 Å². The summed E-state index contributed by atoms with van der Waals surface area (Å²) in [5.41, 5.74) is 4.51. The van der Waals surface area contributed by atoms with Crippen LogP contribution in [0.3, 0.4) is 0 Å². The van der Waals surface area contributed by atoms with Crippen LogP contribution in [0.4, 0.5) is 0 Å². The van der Waals surface area contributed by atoms with Gasteiger partial charge in [-0.05, 0) is 85.4 Å². The molecular formula is C28H30N2O5S. The Bertz CT molecular complexity index is 1450. The number of phenolic OH excluding ortho intramolecular Hbond substituents is 2. The lowest BCUT2D eigenvalue weighted by atomic mass is 9.72. The quantitative estimate of drug-likeness (QED) is 0.400. The van der Waals surface area contributed by atoms with E-state index in [-0.39, 0.29) is 33.7 Å². The largest absolute Gasteiger partial charge is 0.508 e. The zero-order valence-corrected chi connectivity index (χ0v) is 21.2. The molecule has 0 spiro atoms. The van der Waals surface area contributed by atoms with Gasteiger partial charge in [0.25, 0.3) is 0 Å². The molecule has 8 heteroatoms. The van der Waals surface area contributed by atoms with E-state index >= 15 is 0 Å². The Balaban J connectivity index is 1.44. The second kappa shape index (κ2) is 9.33. The molecule has 1 saturated carbocycles. The molecule has 2 aliphatic rings. The molecule has 1 aromatic heterocycles. The van der Waals surface area contributed by atoms with Crippen molar-refractivity contribution in [3.63, 3.8) is 0 Å². The maximum atomic E-state index is 13.4. The van der Waals surface area contributed by atoms with Crippen molar-refractivity contribution >= 4 is 15.8 Å². The number of ketones is 1. The number of hydrogen-bond donors (Lipinski definition) is 3. The topological polar surface area (TPSA) is 117 Å². The highest BCUT2D eigenvalue weighted by atomic mass is 32.2. The molecule has 2 atom stereocenters. The molecule has 0 saturated heterocycles. The number of rotatable bonds is 7. The Morgan fingerprint density at radius 3 is 2.56 bits per heavy atom. The molecule has 0 bridgehead atoms. The molecule has 3 aromatic rings. The summed E-state index contributed by atoms with van der Waals surface area (Å²) >= 11 is 0. The van der Waals surface area contributed by atoms with Crippen LogP contribution in [0.2, 0.25) is 0 Å². The minimum absolute atomic E-state index is 0.0915. The summed E-state index contributed by atoms with van der Waals surface area (Å²) in [5.74, 6) is -0.353. The normalized spacial score (nSPS) is 19.6. The predicted molar refractivity (Wildman–Crippen MR) is 137 cm³/mol. The Morgan fingerprint density at radius 1 is 1.08 bits per heavy atom. The number of carbonyl (C=O) groups excluding carboxylic acids is 1. The average Bonchev–Trinajstić information content (AvgIpc) is 3.67. The summed E-state index contributed by atoms with van der Waals surface area (Å²) < 4.78 is 27.9. The van der Waals surface area contributed by atoms with Crippen molar-refractivity contribution < 1.29 is 23.4 Å². The first-order valence-corrected chi connectivity index (χ1v) is 13.8. The van der Waals surface area contributed by atoms with E-state index in [0.29, 0.717) is 18.2 Å². The van der Waals surface area contributed by atoms with Gasteiger partial charge in [-0.25, -0.2) is 13.1 Å². The first kappa shape index (κ1) is 24.5. The molecule has 0 amide bonds. The summed E-state index contributed by atoms with van der Waals surface area (Å²) in [5, 5.41) is 19.9. The summed E-state index contributed by atoms with van der Waals surface area (Å²) in [7, 11) is -3.59. The number of pyridine rings is 1. The molecule has 36 heavy (non-hydrogen) atoms. The SMILES string of the molecule is Cc1cc(S(=O)(=O)NCC2CC2)cnc1-c1ccc2c(c1)CC[C@H](C)C2C(=O)c1ccc(O)cc1O. The fourth-order valence-electron chi connectivity index (χ4n) is 5.06. The third-order valence-corrected chi connectivity index (χ3v) is 8.73. The minimum Gasteiger partial charge on any atom is -0.508 e. The lowest BCUT2D eigenvalue weighted by molar-refractivity contribution is 0.0923. The number of aromatic nitrogens is 1. The molecule has 1 unspecified atom stereocenters. The third-order valence-electron chi connectivity index (χ3n) is 7.34. The molecule has 1 fully saturated rings. The maximum Gasteiger partial charge on any atom is 0.242 e. The number of carbonyl (C=O) groups is 1. The van der Waals surface area contributed by atoms with Crippen molar-refractivity contribution in [1.82, 2.24) is 9.71 Å². The Morgan fingerprint density at radius 2 is 1.86 bits per heavy atom. The highest BCUT2D eigenvalue weighted by Gasteiger charge is 2.34. The molecule has 3 N–H and O–H groups in total. The number of aromatic hydroxyl groups is 2. The lowest BCUT2D eigenvalue weighted by Crippen LogP contribution is -2.26. The van der Waals surface area contributed by atoms with E-state index in [1.807, 2.05) is 32.0 Å². The first-order valence-electron chi connectivity index (χ1n) is 12.3. The summed E-state index contributed by atoms with van der Waals surface area (Å²) in [6.45, 7) is 4.36. The van der Waals surface area contributed by atoms with Crippen LogP contribution in [0, 0.1) is 18.8 Å². The van der Waals surface area contributed by atoms with Crippen LogP contribution in [-0.4, -0.2) is 35.9 Å². The van der Waals surface area contributed by atoms with Crippen LogP contribution in [-0.2, 0) is 16.4 Å². The van der Waals surface area contributed by atoms with Gasteiger partial charge >= 0.3 is 0 Å². The number of nitrogens with zero attached hydrogens (tertiary/aromatic N) is 1. The monoisotopic (exact) mass is 506 g/mol. The number of hydrogen-bond acceptors (Lipinski definition) is 6. The van der Waals surface area contributed by atoms with Gasteiger partial charge < -0.3 is 10.2 Å². The predicted octanol–water partition coefficient (Wildman–Crippen LogP) is 4.71. The molecule has 2 aromatic carbocycles. The van der Waals surface area contributed by atoms with E-state index in [1.165, 1.54) is 24.4 Å². The lowest BCUT2D eigenvalue weighted by Gasteiger charge is -2.31. The Kier molecular flexibility index (Phi) is 6.34. The standard InChI is InChI=1S/C28H30N2O5S/c1-16-3-6-19-12-20(7-9-23(19)26(16)28(33)24-10-8-21(31)13-25(24)32)27-17(2)11-22(15-29-27)36(34,35)30-14-18-4-5-18/h7-13,15-16,18,26,30-32H,3-6,14H2,1-2H3/t16-,26?/m0/s1. The molecule has 0 aliphatic heterocycles. The van der Waals surface area contributed by atoms with Gasteiger partial charge in [0.05, 0.1) is 17.2 Å². The molecule has 1 heterocycles. The van der Waals surface area contributed by atoms with Crippen molar-refractivity contribution in [3.8, 4) is 22.8 Å². The van der Waals surface area contributed by atoms with Crippen LogP contribution in [0.5, 0.6) is 11.5 Å². The minimum atomic E-state index is -3.59. The summed E-state index contributed by atoms with van der Waals surface area (Å²) in [6, 6.07) is 11.6. The van der Waals surface area contributed by atoms with Gasteiger partial charge in [-0.3, -0.25) is 9.78 Å². The van der Waals surface area contributed by atoms with E-state index in [2.05, 4.69) is 9.71 Å². The fourth-order valence-corrected chi connectivity index (χ4v) is 6.20. The highest BCUT2D eigenvalue weighted by Crippen LogP contribution is 2.41. The highest BCUT2D eigenvalue weighted by molar-refractivity contribution is 7.89. The zero-order valence-electron chi connectivity index (χ0n) is 20.4. The Hall–Kier alpha value is -3.23. The number of Topliss-reactive ketones (excluding diaryl/α,β-unsaturated/α-hetero) is 1. The number of benzene rings is 2. The second-order valence-electron chi connectivity index (χ2n) is 10.1. The van der Waals surface area contributed by atoms with Crippen molar-refractivity contribution in [2.45, 2.75) is 50.3 Å². The summed E-state index contributed by atoms with van der Waals surface area (Å²) in [4.78, 5) is 18.1. The molecule has 7 nitrogen and oxygen atoms in total. The number of nitrogens with one attached hydrogen (secondary N) is 1. The fraction of sp³-hybridized carbons (Fsp3) is 0.357. The molecular weight excluding hydrogens is 476 g/mol. The average molecular weight is 507 g/mol. The second-order valence-corrected chi connectivity index (χ2v) is 11.9. The van der Waals surface area contributed by atoms with Crippen molar-refractivity contribution in [3.05, 3.63) is 70.9 Å². The van der Waals surface area contributed by atoms with E-state index in [4.69, 9.17) is 0 Å². The number of sulfonamides is 1. The van der Waals surface area contributed by atoms with Gasteiger partial charge in [0, 0.05) is 24.4 Å². The number of phenols is 2. The van der Waals surface area contributed by atoms with Crippen molar-refractivity contribution in [2.24, 2.45) is 11.8 Å². The van der Waals surface area contributed by atoms with E-state index in [1.54, 1.807) is 6.07 Å². The zero-order chi connectivity index (χ0) is 25.6. The molecule has 0 radical (unpaired) electrons. The summed E-state index contributed by atoms with van der Waals surface area (Å²) in [6.07, 6.45) is 5.17. The first-order chi connectivity index (χ1) is 17.1. The van der Waals surface area contributed by atoms with E-state index < -0.39 is 15.9 Å². The van der Waals surface area contributed by atoms with Gasteiger partial charge in [-0.1, -0.05) is 19.1 Å². The van der Waals surface area contributed by atoms with Crippen molar-refractivity contribution in [2.75, 3.05) is 6.54 Å². The smallest absolute Gasteiger partial charge is 0.242 e. The Labute approximate surface area is 211 Å². The molecule has 2 aliphatic carbocycles. The van der Waals surface area contributed by atoms with Gasteiger partial charge in [0.15, 0.2) is 5.78 Å². The van der Waals surface area contributed by atoms with Gasteiger partial charge in [0.2, 0.25) is 10.0 Å². The molecule has 5 rings (SSSR count). The number of aryl methyl sites for hydroxylation is 2. The van der Waals surface area contributed by atoms with E-state index in [0.717, 1.165) is 47.9 Å². The maximum absolute atomic E-state index is 13.4. The van der Waals surface area contributed by atoms with Gasteiger partial charge in [0.1, 0.15) is 16.4 Å². The number of fused-ring (bicyclic) bond motifs is 1. The third kappa shape index (κ3) is 4.75. The molecule has 188 valence electrons. The van der Waals surface area contributed by atoms with Crippen LogP contribution >= 0.6 is 0 Å². The van der Waals surface area contributed by atoms with Crippen molar-refractivity contribution in [1.29, 1.82) is 0 Å².